The molecule has 1 aliphatic rings. The fourth-order valence-corrected chi connectivity index (χ4v) is 3.24. The molecule has 0 aliphatic heterocycles. The molecule has 0 spiro atoms. The summed E-state index contributed by atoms with van der Waals surface area (Å²) in [6.07, 6.45) is 2.00. The van der Waals surface area contributed by atoms with Crippen LogP contribution >= 0.6 is 0 Å². The van der Waals surface area contributed by atoms with Crippen molar-refractivity contribution >= 4 is 0 Å². The molecule has 0 saturated carbocycles. The average Bonchev–Trinajstić information content (AvgIpc) is 2.76. The smallest absolute Gasteiger partial charge is 0.123 e. The molecular weight excluding hydrogens is 263 g/mol. The number of fused-ring (bicyclic) bond motifs is 1. The number of aryl methyl sites for hydroxylation is 1. The first-order valence-corrected chi connectivity index (χ1v) is 7.58. The van der Waals surface area contributed by atoms with Crippen LogP contribution in [-0.4, -0.2) is 5.11 Å². The summed E-state index contributed by atoms with van der Waals surface area (Å²) in [7, 11) is 0. The van der Waals surface area contributed by atoms with E-state index in [9.17, 15) is 9.50 Å². The maximum Gasteiger partial charge on any atom is 0.123 e. The highest BCUT2D eigenvalue weighted by Crippen LogP contribution is 2.39. The third-order valence-electron chi connectivity index (χ3n) is 4.52. The molecule has 0 amide bonds. The molecule has 21 heavy (non-hydrogen) atoms. The van der Waals surface area contributed by atoms with Gasteiger partial charge >= 0.3 is 0 Å². The van der Waals surface area contributed by atoms with E-state index < -0.39 is 5.60 Å². The van der Waals surface area contributed by atoms with E-state index in [4.69, 9.17) is 0 Å². The molecule has 0 bridgehead atoms. The monoisotopic (exact) mass is 284 g/mol. The van der Waals surface area contributed by atoms with Crippen LogP contribution in [0, 0.1) is 5.82 Å². The fourth-order valence-electron chi connectivity index (χ4n) is 3.24. The van der Waals surface area contributed by atoms with Crippen LogP contribution < -0.4 is 0 Å². The fraction of sp³-hybridized carbons (Fsp3) is 0.368. The molecule has 1 unspecified atom stereocenters. The van der Waals surface area contributed by atoms with E-state index in [1.807, 2.05) is 0 Å². The van der Waals surface area contributed by atoms with Gasteiger partial charge in [0, 0.05) is 6.42 Å². The second-order valence-corrected chi connectivity index (χ2v) is 6.41. The first-order chi connectivity index (χ1) is 9.98. The van der Waals surface area contributed by atoms with Crippen LogP contribution in [0.5, 0.6) is 0 Å². The number of hydrogen-bond donors (Lipinski definition) is 1. The van der Waals surface area contributed by atoms with E-state index in [1.54, 1.807) is 12.1 Å². The van der Waals surface area contributed by atoms with Crippen LogP contribution in [0.15, 0.2) is 42.5 Å². The van der Waals surface area contributed by atoms with Gasteiger partial charge in [-0.2, -0.15) is 0 Å². The second kappa shape index (κ2) is 5.27. The van der Waals surface area contributed by atoms with Crippen molar-refractivity contribution in [1.29, 1.82) is 0 Å². The lowest BCUT2D eigenvalue weighted by molar-refractivity contribution is 0.0389. The van der Waals surface area contributed by atoms with Crippen molar-refractivity contribution in [3.63, 3.8) is 0 Å². The predicted octanol–water partition coefficient (Wildman–Crippen LogP) is 4.33. The molecule has 0 fully saturated rings. The maximum atomic E-state index is 13.3. The van der Waals surface area contributed by atoms with Crippen molar-refractivity contribution in [2.24, 2.45) is 0 Å². The normalized spacial score (nSPS) is 20.8. The summed E-state index contributed by atoms with van der Waals surface area (Å²) in [5.74, 6) is 0.289. The number of aliphatic hydroxyl groups is 1. The lowest BCUT2D eigenvalue weighted by atomic mass is 9.88. The molecule has 2 aromatic carbocycles. The lowest BCUT2D eigenvalue weighted by Crippen LogP contribution is -2.25. The van der Waals surface area contributed by atoms with Crippen molar-refractivity contribution in [1.82, 2.24) is 0 Å². The molecule has 0 heterocycles. The van der Waals surface area contributed by atoms with E-state index in [0.29, 0.717) is 18.8 Å². The largest absolute Gasteiger partial charge is 0.385 e. The Morgan fingerprint density at radius 1 is 1.14 bits per heavy atom. The van der Waals surface area contributed by atoms with Crippen LogP contribution in [0.25, 0.3) is 0 Å². The summed E-state index contributed by atoms with van der Waals surface area (Å²) in [6, 6.07) is 13.2. The Balaban J connectivity index is 1.85. The second-order valence-electron chi connectivity index (χ2n) is 6.41. The van der Waals surface area contributed by atoms with Gasteiger partial charge in [0.05, 0.1) is 5.60 Å². The van der Waals surface area contributed by atoms with Gasteiger partial charge < -0.3 is 5.11 Å². The Bertz CT molecular complexity index is 645. The van der Waals surface area contributed by atoms with Crippen LogP contribution in [-0.2, 0) is 18.4 Å². The highest BCUT2D eigenvalue weighted by atomic mass is 19.1. The van der Waals surface area contributed by atoms with Crippen LogP contribution in [0.1, 0.15) is 48.4 Å². The predicted molar refractivity (Wildman–Crippen MR) is 82.9 cm³/mol. The zero-order valence-corrected chi connectivity index (χ0v) is 12.6. The molecule has 1 N–H and O–H groups in total. The molecule has 1 atom stereocenters. The Labute approximate surface area is 125 Å². The standard InChI is InChI=1S/C19H21FO/c1-13(2)15-5-3-14(4-6-15)12-19(21)10-9-16-11-17(20)7-8-18(16)19/h3-8,11,13,21H,9-10,12H2,1-2H3. The molecule has 0 radical (unpaired) electrons. The Morgan fingerprint density at radius 2 is 1.86 bits per heavy atom. The molecule has 110 valence electrons. The Kier molecular flexibility index (Phi) is 3.58. The molecule has 1 nitrogen and oxygen atoms in total. The quantitative estimate of drug-likeness (QED) is 0.889. The Morgan fingerprint density at radius 3 is 2.52 bits per heavy atom. The van der Waals surface area contributed by atoms with Crippen LogP contribution in [0.2, 0.25) is 0 Å². The van der Waals surface area contributed by atoms with Gasteiger partial charge in [-0.1, -0.05) is 44.2 Å². The third kappa shape index (κ3) is 2.73. The van der Waals surface area contributed by atoms with Gasteiger partial charge in [0.15, 0.2) is 0 Å². The molecule has 2 aromatic rings. The molecule has 2 heteroatoms. The van der Waals surface area contributed by atoms with E-state index in [-0.39, 0.29) is 5.82 Å². The minimum Gasteiger partial charge on any atom is -0.385 e. The number of hydrogen-bond acceptors (Lipinski definition) is 1. The minimum atomic E-state index is -0.859. The van der Waals surface area contributed by atoms with E-state index in [0.717, 1.165) is 23.1 Å². The van der Waals surface area contributed by atoms with Gasteiger partial charge in [0.1, 0.15) is 5.82 Å². The maximum absolute atomic E-state index is 13.3. The van der Waals surface area contributed by atoms with Crippen molar-refractivity contribution in [3.05, 3.63) is 70.5 Å². The topological polar surface area (TPSA) is 20.2 Å². The summed E-state index contributed by atoms with van der Waals surface area (Å²) < 4.78 is 13.3. The number of benzene rings is 2. The molecule has 1 aliphatic carbocycles. The number of rotatable bonds is 3. The van der Waals surface area contributed by atoms with Crippen LogP contribution in [0.4, 0.5) is 4.39 Å². The highest BCUT2D eigenvalue weighted by Gasteiger charge is 2.36. The van der Waals surface area contributed by atoms with E-state index in [2.05, 4.69) is 38.1 Å². The van der Waals surface area contributed by atoms with Crippen molar-refractivity contribution < 1.29 is 9.50 Å². The van der Waals surface area contributed by atoms with Gasteiger partial charge in [-0.15, -0.1) is 0 Å². The zero-order chi connectivity index (χ0) is 15.0. The molecular formula is C19H21FO. The SMILES string of the molecule is CC(C)c1ccc(CC2(O)CCc3cc(F)ccc32)cc1. The lowest BCUT2D eigenvalue weighted by Gasteiger charge is -2.24. The van der Waals surface area contributed by atoms with Gasteiger partial charge in [0.25, 0.3) is 0 Å². The molecule has 0 aromatic heterocycles. The zero-order valence-electron chi connectivity index (χ0n) is 12.6. The molecule has 3 rings (SSSR count). The van der Waals surface area contributed by atoms with Gasteiger partial charge in [-0.25, -0.2) is 4.39 Å². The summed E-state index contributed by atoms with van der Waals surface area (Å²) in [5.41, 5.74) is 3.40. The van der Waals surface area contributed by atoms with Crippen LogP contribution in [0.3, 0.4) is 0 Å². The first-order valence-electron chi connectivity index (χ1n) is 7.58. The van der Waals surface area contributed by atoms with Crippen molar-refractivity contribution in [2.45, 2.75) is 44.6 Å². The summed E-state index contributed by atoms with van der Waals surface area (Å²) >= 11 is 0. The number of halogens is 1. The highest BCUT2D eigenvalue weighted by molar-refractivity contribution is 5.39. The Hall–Kier alpha value is -1.67. The third-order valence-corrected chi connectivity index (χ3v) is 4.52. The average molecular weight is 284 g/mol. The van der Waals surface area contributed by atoms with Gasteiger partial charge in [-0.05, 0) is 53.1 Å². The first kappa shape index (κ1) is 14.3. The van der Waals surface area contributed by atoms with Gasteiger partial charge in [0.2, 0.25) is 0 Å². The van der Waals surface area contributed by atoms with Crippen molar-refractivity contribution in [3.8, 4) is 0 Å². The van der Waals surface area contributed by atoms with Crippen molar-refractivity contribution in [2.75, 3.05) is 0 Å². The van der Waals surface area contributed by atoms with E-state index >= 15 is 0 Å². The summed E-state index contributed by atoms with van der Waals surface area (Å²) in [4.78, 5) is 0. The summed E-state index contributed by atoms with van der Waals surface area (Å²) in [6.45, 7) is 4.34. The summed E-state index contributed by atoms with van der Waals surface area (Å²) in [5, 5.41) is 10.9. The van der Waals surface area contributed by atoms with E-state index in [1.165, 1.54) is 11.6 Å². The van der Waals surface area contributed by atoms with Gasteiger partial charge in [-0.3, -0.25) is 0 Å². The molecule has 0 saturated heterocycles. The minimum absolute atomic E-state index is 0.223.